The minimum atomic E-state index is -4.60. The van der Waals surface area contributed by atoms with Crippen LogP contribution in [0.3, 0.4) is 0 Å². The number of aliphatic hydroxyl groups is 3. The monoisotopic (exact) mass is 819 g/mol. The number of carbonyl (C=O) groups excluding carboxylic acids is 2. The van der Waals surface area contributed by atoms with E-state index in [1.807, 2.05) is 0 Å². The van der Waals surface area contributed by atoms with Crippen molar-refractivity contribution in [2.24, 2.45) is 0 Å². The predicted octanol–water partition coefficient (Wildman–Crippen LogP) is 8.45. The van der Waals surface area contributed by atoms with E-state index in [2.05, 4.69) is 38.2 Å². The second kappa shape index (κ2) is 34.0. The molecule has 6 atom stereocenters. The maximum Gasteiger partial charge on any atom is 0.306 e. The van der Waals surface area contributed by atoms with Gasteiger partial charge in [0.25, 0.3) is 10.1 Å². The number of hydrogen-bond acceptors (Lipinski definition) is 11. The van der Waals surface area contributed by atoms with Crippen LogP contribution in [0.25, 0.3) is 0 Å². The first kappa shape index (κ1) is 52.1. The van der Waals surface area contributed by atoms with Crippen LogP contribution in [0.4, 0.5) is 0 Å². The number of allylic oxidation sites excluding steroid dienone is 4. The lowest BCUT2D eigenvalue weighted by Crippen LogP contribution is -2.60. The molecule has 0 bridgehead atoms. The molecule has 0 saturated carbocycles. The molecular formula is C43H78O12S. The van der Waals surface area contributed by atoms with Crippen LogP contribution >= 0.6 is 0 Å². The molecule has 12 nitrogen and oxygen atoms in total. The zero-order valence-corrected chi connectivity index (χ0v) is 35.6. The van der Waals surface area contributed by atoms with Gasteiger partial charge in [0.1, 0.15) is 36.8 Å². The fraction of sp³-hybridized carbons (Fsp3) is 0.860. The van der Waals surface area contributed by atoms with Crippen molar-refractivity contribution in [1.29, 1.82) is 0 Å². The molecule has 0 aromatic rings. The minimum Gasteiger partial charge on any atom is -0.462 e. The number of ether oxygens (including phenoxy) is 4. The van der Waals surface area contributed by atoms with Gasteiger partial charge in [0.05, 0.1) is 6.61 Å². The summed E-state index contributed by atoms with van der Waals surface area (Å²) < 4.78 is 54.0. The maximum atomic E-state index is 12.8. The van der Waals surface area contributed by atoms with Crippen LogP contribution in [0.1, 0.15) is 181 Å². The molecule has 1 saturated heterocycles. The van der Waals surface area contributed by atoms with Gasteiger partial charge in [-0.25, -0.2) is 0 Å². The van der Waals surface area contributed by atoms with Crippen molar-refractivity contribution in [2.45, 2.75) is 218 Å². The fourth-order valence-electron chi connectivity index (χ4n) is 6.59. The third kappa shape index (κ3) is 28.5. The number of esters is 2. The van der Waals surface area contributed by atoms with Gasteiger partial charge in [0.2, 0.25) is 0 Å². The van der Waals surface area contributed by atoms with Gasteiger partial charge in [-0.3, -0.25) is 14.1 Å². The predicted molar refractivity (Wildman–Crippen MR) is 220 cm³/mol. The molecule has 1 rings (SSSR count). The summed E-state index contributed by atoms with van der Waals surface area (Å²) in [5.74, 6) is -1.99. The SMILES string of the molecule is CCCCC/C=C/C/C=C/CCCCCCCC(=O)O[C@H](COC(=O)CCCCCCCCCCCCCCC)CO[C@H]1O[C@H](CS(=O)(=O)O)[C@@H](O)C(O)C1O. The summed E-state index contributed by atoms with van der Waals surface area (Å²) in [6, 6.07) is 0. The molecule has 56 heavy (non-hydrogen) atoms. The third-order valence-corrected chi connectivity index (χ3v) is 10.8. The molecule has 328 valence electrons. The molecule has 0 aromatic heterocycles. The molecule has 1 heterocycles. The van der Waals surface area contributed by atoms with Crippen molar-refractivity contribution < 1.29 is 56.8 Å². The summed E-state index contributed by atoms with van der Waals surface area (Å²) in [5, 5.41) is 30.8. The molecule has 0 amide bonds. The van der Waals surface area contributed by atoms with Gasteiger partial charge in [-0.2, -0.15) is 8.42 Å². The summed E-state index contributed by atoms with van der Waals surface area (Å²) in [6.45, 7) is 3.72. The Bertz CT molecular complexity index is 1140. The second-order valence-electron chi connectivity index (χ2n) is 15.4. The van der Waals surface area contributed by atoms with E-state index < -0.39 is 71.2 Å². The molecule has 0 radical (unpaired) electrons. The number of hydrogen-bond donors (Lipinski definition) is 4. The van der Waals surface area contributed by atoms with E-state index in [9.17, 15) is 37.9 Å². The molecular weight excluding hydrogens is 741 g/mol. The van der Waals surface area contributed by atoms with Gasteiger partial charge < -0.3 is 34.3 Å². The van der Waals surface area contributed by atoms with Crippen LogP contribution in [0, 0.1) is 0 Å². The summed E-state index contributed by atoms with van der Waals surface area (Å²) >= 11 is 0. The molecule has 0 aromatic carbocycles. The number of unbranched alkanes of at least 4 members (excludes halogenated alkanes) is 20. The van der Waals surface area contributed by atoms with Crippen molar-refractivity contribution in [3.63, 3.8) is 0 Å². The van der Waals surface area contributed by atoms with E-state index in [1.165, 1.54) is 77.0 Å². The molecule has 13 heteroatoms. The van der Waals surface area contributed by atoms with Gasteiger partial charge >= 0.3 is 11.9 Å². The third-order valence-electron chi connectivity index (χ3n) is 10.0. The Morgan fingerprint density at radius 1 is 0.607 bits per heavy atom. The lowest BCUT2D eigenvalue weighted by atomic mass is 10.00. The van der Waals surface area contributed by atoms with Crippen LogP contribution < -0.4 is 0 Å². The highest BCUT2D eigenvalue weighted by atomic mass is 32.2. The van der Waals surface area contributed by atoms with Crippen molar-refractivity contribution in [2.75, 3.05) is 19.0 Å². The van der Waals surface area contributed by atoms with Gasteiger partial charge in [-0.15, -0.1) is 0 Å². The van der Waals surface area contributed by atoms with Crippen LogP contribution in [0.15, 0.2) is 24.3 Å². The van der Waals surface area contributed by atoms with E-state index in [4.69, 9.17) is 18.9 Å². The first-order chi connectivity index (χ1) is 27.0. The van der Waals surface area contributed by atoms with Crippen LogP contribution in [-0.4, -0.2) is 96.0 Å². The highest BCUT2D eigenvalue weighted by Gasteiger charge is 2.46. The van der Waals surface area contributed by atoms with E-state index in [0.717, 1.165) is 64.2 Å². The molecule has 0 spiro atoms. The molecule has 2 unspecified atom stereocenters. The number of rotatable bonds is 36. The topological polar surface area (TPSA) is 186 Å². The average molecular weight is 819 g/mol. The first-order valence-corrected chi connectivity index (χ1v) is 23.5. The first-order valence-electron chi connectivity index (χ1n) is 21.9. The molecule has 1 fully saturated rings. The van der Waals surface area contributed by atoms with Gasteiger partial charge in [-0.1, -0.05) is 147 Å². The zero-order chi connectivity index (χ0) is 41.3. The molecule has 4 N–H and O–H groups in total. The van der Waals surface area contributed by atoms with Crippen LogP contribution in [0.5, 0.6) is 0 Å². The van der Waals surface area contributed by atoms with Crippen molar-refractivity contribution in [1.82, 2.24) is 0 Å². The molecule has 0 aliphatic carbocycles. The van der Waals surface area contributed by atoms with E-state index in [0.29, 0.717) is 12.8 Å². The highest BCUT2D eigenvalue weighted by Crippen LogP contribution is 2.24. The quantitative estimate of drug-likeness (QED) is 0.0205. The second-order valence-corrected chi connectivity index (χ2v) is 16.9. The van der Waals surface area contributed by atoms with Crippen molar-refractivity contribution in [3.05, 3.63) is 24.3 Å². The Hall–Kier alpha value is -1.87. The van der Waals surface area contributed by atoms with Crippen molar-refractivity contribution in [3.8, 4) is 0 Å². The van der Waals surface area contributed by atoms with Gasteiger partial charge in [-0.05, 0) is 44.9 Å². The maximum absolute atomic E-state index is 12.8. The number of carbonyl (C=O) groups is 2. The lowest BCUT2D eigenvalue weighted by molar-refractivity contribution is -0.297. The Morgan fingerprint density at radius 2 is 1.07 bits per heavy atom. The Balaban J connectivity index is 2.48. The molecule has 1 aliphatic rings. The van der Waals surface area contributed by atoms with Crippen LogP contribution in [0.2, 0.25) is 0 Å². The Morgan fingerprint density at radius 3 is 1.61 bits per heavy atom. The largest absolute Gasteiger partial charge is 0.462 e. The van der Waals surface area contributed by atoms with Crippen molar-refractivity contribution >= 4 is 22.1 Å². The van der Waals surface area contributed by atoms with Crippen LogP contribution in [-0.2, 0) is 38.7 Å². The highest BCUT2D eigenvalue weighted by molar-refractivity contribution is 7.85. The summed E-state index contributed by atoms with van der Waals surface area (Å²) in [4.78, 5) is 25.3. The average Bonchev–Trinajstić information content (AvgIpc) is 3.16. The van der Waals surface area contributed by atoms with E-state index in [-0.39, 0.29) is 19.4 Å². The molecule has 1 aliphatic heterocycles. The summed E-state index contributed by atoms with van der Waals surface area (Å²) in [5.41, 5.74) is 0. The Labute approximate surface area is 338 Å². The van der Waals surface area contributed by atoms with Gasteiger partial charge in [0, 0.05) is 12.8 Å². The van der Waals surface area contributed by atoms with E-state index in [1.54, 1.807) is 0 Å². The minimum absolute atomic E-state index is 0.151. The summed E-state index contributed by atoms with van der Waals surface area (Å²) in [7, 11) is -4.60. The number of aliphatic hydroxyl groups excluding tert-OH is 3. The van der Waals surface area contributed by atoms with Gasteiger partial charge in [0.15, 0.2) is 12.4 Å². The zero-order valence-electron chi connectivity index (χ0n) is 34.7. The lowest BCUT2D eigenvalue weighted by Gasteiger charge is -2.40. The Kier molecular flexibility index (Phi) is 31.7. The summed E-state index contributed by atoms with van der Waals surface area (Å²) in [6.07, 6.45) is 26.5. The normalized spacial score (nSPS) is 20.9. The van der Waals surface area contributed by atoms with E-state index >= 15 is 0 Å². The smallest absolute Gasteiger partial charge is 0.306 e. The standard InChI is InChI=1S/C43H78O12S/c1-3-5-7-9-11-13-15-17-18-20-22-24-26-28-30-32-39(45)54-36(34-53-43-42(48)41(47)40(46)37(55-43)35-56(49,50)51)33-52-38(44)31-29-27-25-23-21-19-16-14-12-10-8-6-4-2/h11,13,17-18,36-37,40-43,46-48H,3-10,12,14-16,19-35H2,1-2H3,(H,49,50,51)/b13-11+,18-17+/t36-,37-,40-,41?,42?,43+/m1/s1. The fourth-order valence-corrected chi connectivity index (χ4v) is 7.28.